The Bertz CT molecular complexity index is 409. The topological polar surface area (TPSA) is 20.2 Å². The van der Waals surface area contributed by atoms with Crippen molar-refractivity contribution in [1.82, 2.24) is 0 Å². The van der Waals surface area contributed by atoms with Gasteiger partial charge in [0.1, 0.15) is 5.82 Å². The van der Waals surface area contributed by atoms with Crippen molar-refractivity contribution < 1.29 is 22.7 Å². The van der Waals surface area contributed by atoms with Crippen molar-refractivity contribution in [3.05, 3.63) is 34.1 Å². The Balaban J connectivity index is 2.58. The molecule has 1 atom stereocenters. The number of halogens is 5. The summed E-state index contributed by atoms with van der Waals surface area (Å²) in [5.74, 6) is -0.449. The summed E-state index contributed by atoms with van der Waals surface area (Å²) in [6.45, 7) is 1.46. The second-order valence-corrected chi connectivity index (χ2v) is 5.84. The molecule has 0 heterocycles. The van der Waals surface area contributed by atoms with Crippen LogP contribution in [0, 0.1) is 5.82 Å². The van der Waals surface area contributed by atoms with Crippen molar-refractivity contribution >= 4 is 15.9 Å². The molecule has 0 saturated heterocycles. The van der Waals surface area contributed by atoms with Crippen LogP contribution in [-0.4, -0.2) is 16.9 Å². The highest BCUT2D eigenvalue weighted by Crippen LogP contribution is 2.27. The lowest BCUT2D eigenvalue weighted by Crippen LogP contribution is -2.27. The SMILES string of the molecule is CC(O)(CCCC(F)(F)F)Cc1cc(F)cc(Br)c1. The molecule has 0 fully saturated rings. The minimum Gasteiger partial charge on any atom is -0.390 e. The molecule has 1 N–H and O–H groups in total. The zero-order valence-corrected chi connectivity index (χ0v) is 12.0. The summed E-state index contributed by atoms with van der Waals surface area (Å²) in [6.07, 6.45) is -5.15. The van der Waals surface area contributed by atoms with Crippen molar-refractivity contribution in [3.8, 4) is 0 Å². The largest absolute Gasteiger partial charge is 0.390 e. The van der Waals surface area contributed by atoms with Gasteiger partial charge >= 0.3 is 6.18 Å². The fraction of sp³-hybridized carbons (Fsp3) is 0.538. The minimum atomic E-state index is -4.21. The van der Waals surface area contributed by atoms with Gasteiger partial charge in [-0.25, -0.2) is 4.39 Å². The number of aliphatic hydroxyl groups is 1. The van der Waals surface area contributed by atoms with E-state index >= 15 is 0 Å². The van der Waals surface area contributed by atoms with Gasteiger partial charge in [-0.3, -0.25) is 0 Å². The zero-order chi connectivity index (χ0) is 14.7. The van der Waals surface area contributed by atoms with Gasteiger partial charge in [-0.05, 0) is 43.5 Å². The second-order valence-electron chi connectivity index (χ2n) is 4.92. The average Bonchev–Trinajstić information content (AvgIpc) is 2.11. The van der Waals surface area contributed by atoms with E-state index in [4.69, 9.17) is 0 Å². The number of hydrogen-bond acceptors (Lipinski definition) is 1. The maximum absolute atomic E-state index is 13.2. The standard InChI is InChI=1S/C13H15BrF4O/c1-12(19,3-2-4-13(16,17)18)8-9-5-10(14)7-11(15)6-9/h5-7,19H,2-4,8H2,1H3. The first kappa shape index (κ1) is 16.4. The van der Waals surface area contributed by atoms with Gasteiger partial charge in [-0.15, -0.1) is 0 Å². The van der Waals surface area contributed by atoms with E-state index in [0.717, 1.165) is 0 Å². The monoisotopic (exact) mass is 342 g/mol. The van der Waals surface area contributed by atoms with E-state index in [-0.39, 0.29) is 19.3 Å². The first-order chi connectivity index (χ1) is 8.57. The molecule has 6 heteroatoms. The molecule has 0 amide bonds. The summed E-state index contributed by atoms with van der Waals surface area (Å²) in [4.78, 5) is 0. The van der Waals surface area contributed by atoms with Gasteiger partial charge in [0.05, 0.1) is 5.60 Å². The van der Waals surface area contributed by atoms with Gasteiger partial charge in [-0.1, -0.05) is 15.9 Å². The van der Waals surface area contributed by atoms with E-state index in [2.05, 4.69) is 15.9 Å². The third-order valence-electron chi connectivity index (χ3n) is 2.68. The molecule has 1 rings (SSSR count). The zero-order valence-electron chi connectivity index (χ0n) is 10.4. The Morgan fingerprint density at radius 1 is 1.16 bits per heavy atom. The second kappa shape index (κ2) is 6.22. The Morgan fingerprint density at radius 3 is 2.32 bits per heavy atom. The first-order valence-electron chi connectivity index (χ1n) is 5.81. The molecule has 0 aliphatic heterocycles. The molecule has 0 aliphatic rings. The van der Waals surface area contributed by atoms with Crippen LogP contribution in [0.25, 0.3) is 0 Å². The van der Waals surface area contributed by atoms with E-state index in [1.54, 1.807) is 6.07 Å². The van der Waals surface area contributed by atoms with E-state index in [1.807, 2.05) is 0 Å². The maximum atomic E-state index is 13.2. The molecular weight excluding hydrogens is 328 g/mol. The van der Waals surface area contributed by atoms with Crippen molar-refractivity contribution in [3.63, 3.8) is 0 Å². The smallest absolute Gasteiger partial charge is 0.389 e. The lowest BCUT2D eigenvalue weighted by atomic mass is 9.91. The van der Waals surface area contributed by atoms with Crippen LogP contribution in [0.2, 0.25) is 0 Å². The average molecular weight is 343 g/mol. The minimum absolute atomic E-state index is 0.0145. The van der Waals surface area contributed by atoms with Crippen molar-refractivity contribution in [1.29, 1.82) is 0 Å². The highest BCUT2D eigenvalue weighted by Gasteiger charge is 2.29. The maximum Gasteiger partial charge on any atom is 0.389 e. The van der Waals surface area contributed by atoms with Gasteiger partial charge in [-0.2, -0.15) is 13.2 Å². The Morgan fingerprint density at radius 2 is 1.79 bits per heavy atom. The molecule has 0 aliphatic carbocycles. The molecule has 1 aromatic rings. The first-order valence-corrected chi connectivity index (χ1v) is 6.61. The van der Waals surface area contributed by atoms with Crippen LogP contribution in [0.1, 0.15) is 31.7 Å². The van der Waals surface area contributed by atoms with Gasteiger partial charge in [0.25, 0.3) is 0 Å². The molecule has 0 spiro atoms. The summed E-state index contributed by atoms with van der Waals surface area (Å²) < 4.78 is 49.8. The fourth-order valence-corrected chi connectivity index (χ4v) is 2.42. The highest BCUT2D eigenvalue weighted by atomic mass is 79.9. The fourth-order valence-electron chi connectivity index (χ4n) is 1.91. The number of benzene rings is 1. The van der Waals surface area contributed by atoms with Crippen molar-refractivity contribution in [2.75, 3.05) is 0 Å². The van der Waals surface area contributed by atoms with Crippen molar-refractivity contribution in [2.24, 2.45) is 0 Å². The molecular formula is C13H15BrF4O. The summed E-state index contributed by atoms with van der Waals surface area (Å²) in [5, 5.41) is 10.0. The molecule has 1 unspecified atom stereocenters. The summed E-state index contributed by atoms with van der Waals surface area (Å²) in [7, 11) is 0. The van der Waals surface area contributed by atoms with Crippen LogP contribution in [0.3, 0.4) is 0 Å². The third-order valence-corrected chi connectivity index (χ3v) is 3.14. The number of alkyl halides is 3. The Kier molecular flexibility index (Phi) is 5.38. The van der Waals surface area contributed by atoms with E-state index < -0.39 is 24.0 Å². The van der Waals surface area contributed by atoms with Crippen LogP contribution in [-0.2, 0) is 6.42 Å². The summed E-state index contributed by atoms with van der Waals surface area (Å²) in [6, 6.07) is 4.19. The molecule has 1 nitrogen and oxygen atoms in total. The van der Waals surface area contributed by atoms with Gasteiger partial charge in [0.15, 0.2) is 0 Å². The number of rotatable bonds is 5. The predicted molar refractivity (Wildman–Crippen MR) is 68.3 cm³/mol. The van der Waals surface area contributed by atoms with Crippen LogP contribution < -0.4 is 0 Å². The lowest BCUT2D eigenvalue weighted by Gasteiger charge is -2.23. The predicted octanol–water partition coefficient (Wildman–Crippen LogP) is 4.61. The Labute approximate surface area is 117 Å². The Hall–Kier alpha value is -0.620. The summed E-state index contributed by atoms with van der Waals surface area (Å²) >= 11 is 3.13. The van der Waals surface area contributed by atoms with Crippen LogP contribution >= 0.6 is 15.9 Å². The van der Waals surface area contributed by atoms with Crippen molar-refractivity contribution in [2.45, 2.75) is 44.4 Å². The lowest BCUT2D eigenvalue weighted by molar-refractivity contribution is -0.137. The van der Waals surface area contributed by atoms with E-state index in [0.29, 0.717) is 10.0 Å². The molecule has 0 aromatic heterocycles. The highest BCUT2D eigenvalue weighted by molar-refractivity contribution is 9.10. The van der Waals surface area contributed by atoms with Gasteiger partial charge in [0, 0.05) is 17.3 Å². The molecule has 0 bridgehead atoms. The third kappa shape index (κ3) is 6.92. The molecule has 19 heavy (non-hydrogen) atoms. The number of hydrogen-bond donors (Lipinski definition) is 1. The molecule has 108 valence electrons. The van der Waals surface area contributed by atoms with Crippen LogP contribution in [0.4, 0.5) is 17.6 Å². The quantitative estimate of drug-likeness (QED) is 0.774. The molecule has 0 radical (unpaired) electrons. The molecule has 1 aromatic carbocycles. The molecule has 0 saturated carbocycles. The summed E-state index contributed by atoms with van der Waals surface area (Å²) in [5.41, 5.74) is -0.734. The van der Waals surface area contributed by atoms with E-state index in [1.165, 1.54) is 19.1 Å². The van der Waals surface area contributed by atoms with E-state index in [9.17, 15) is 22.7 Å². The van der Waals surface area contributed by atoms with Crippen LogP contribution in [0.15, 0.2) is 22.7 Å². The normalized spacial score (nSPS) is 15.3. The van der Waals surface area contributed by atoms with Gasteiger partial charge in [0.2, 0.25) is 0 Å². The van der Waals surface area contributed by atoms with Crippen LogP contribution in [0.5, 0.6) is 0 Å². The van der Waals surface area contributed by atoms with Gasteiger partial charge < -0.3 is 5.11 Å².